The van der Waals surface area contributed by atoms with E-state index in [4.69, 9.17) is 9.47 Å². The van der Waals surface area contributed by atoms with Crippen molar-refractivity contribution in [1.82, 2.24) is 16.0 Å². The summed E-state index contributed by atoms with van der Waals surface area (Å²) in [5.41, 5.74) is 1.92. The van der Waals surface area contributed by atoms with Crippen LogP contribution in [0.1, 0.15) is 35.6 Å². The van der Waals surface area contributed by atoms with Gasteiger partial charge in [-0.05, 0) is 17.2 Å². The van der Waals surface area contributed by atoms with Gasteiger partial charge >= 0.3 is 12.1 Å². The fraction of sp³-hybridized carbons (Fsp3) is 0.290. The zero-order chi connectivity index (χ0) is 30.2. The number of methoxy groups -OCH3 is 1. The lowest BCUT2D eigenvalue weighted by atomic mass is 10.0. The molecule has 4 N–H and O–H groups in total. The summed E-state index contributed by atoms with van der Waals surface area (Å²) in [6, 6.07) is 23.6. The lowest BCUT2D eigenvalue weighted by Crippen LogP contribution is -2.50. The molecule has 0 unspecified atom stereocenters. The smallest absolute Gasteiger partial charge is 0.408 e. The lowest BCUT2D eigenvalue weighted by molar-refractivity contribution is -0.140. The monoisotopic (exact) mass is 577 g/mol. The number of amides is 3. The molecule has 42 heavy (non-hydrogen) atoms. The average Bonchev–Trinajstić information content (AvgIpc) is 3.02. The molecule has 0 heterocycles. The summed E-state index contributed by atoms with van der Waals surface area (Å²) in [7, 11) is 1.25. The van der Waals surface area contributed by atoms with Crippen LogP contribution in [0.3, 0.4) is 0 Å². The predicted octanol–water partition coefficient (Wildman–Crippen LogP) is 2.78. The fourth-order valence-electron chi connectivity index (χ4n) is 3.85. The number of esters is 1. The van der Waals surface area contributed by atoms with Gasteiger partial charge in [-0.2, -0.15) is 0 Å². The van der Waals surface area contributed by atoms with Gasteiger partial charge in [0.2, 0.25) is 11.8 Å². The third-order valence-corrected chi connectivity index (χ3v) is 6.09. The molecule has 3 amide bonds. The number of carbonyl (C=O) groups excluding carboxylic acids is 4. The van der Waals surface area contributed by atoms with Crippen LogP contribution in [0.15, 0.2) is 84.9 Å². The Morgan fingerprint density at radius 2 is 1.36 bits per heavy atom. The molecule has 0 spiro atoms. The third kappa shape index (κ3) is 10.6. The normalized spacial score (nSPS) is 11.9. The molecule has 0 saturated carbocycles. The first kappa shape index (κ1) is 31.6. The molecule has 0 aliphatic heterocycles. The molecule has 0 aliphatic carbocycles. The highest BCUT2D eigenvalue weighted by Crippen LogP contribution is 2.28. The minimum atomic E-state index is -1.52. The number of aliphatic hydroxyl groups is 1. The number of aliphatic hydroxyl groups excluding tert-OH is 1. The Morgan fingerprint density at radius 3 is 2.02 bits per heavy atom. The molecule has 0 bridgehead atoms. The van der Waals surface area contributed by atoms with E-state index in [9.17, 15) is 24.3 Å². The van der Waals surface area contributed by atoms with E-state index in [-0.39, 0.29) is 44.7 Å². The van der Waals surface area contributed by atoms with Crippen molar-refractivity contribution in [2.75, 3.05) is 20.2 Å². The van der Waals surface area contributed by atoms with E-state index in [1.54, 1.807) is 48.5 Å². The maximum atomic E-state index is 13.2. The van der Waals surface area contributed by atoms with Crippen LogP contribution in [0.2, 0.25) is 0 Å². The van der Waals surface area contributed by atoms with E-state index in [2.05, 4.69) is 20.7 Å². The Morgan fingerprint density at radius 1 is 0.762 bits per heavy atom. The van der Waals surface area contributed by atoms with Gasteiger partial charge in [-0.1, -0.05) is 78.9 Å². The highest BCUT2D eigenvalue weighted by Gasteiger charge is 2.32. The van der Waals surface area contributed by atoms with Gasteiger partial charge in [-0.25, -0.2) is 4.79 Å². The number of ether oxygens (including phenoxy) is 3. The molecular formula is C31H35N3O8. The third-order valence-electron chi connectivity index (χ3n) is 6.09. The zero-order valence-corrected chi connectivity index (χ0v) is 23.3. The van der Waals surface area contributed by atoms with Crippen LogP contribution in [0, 0.1) is 0 Å². The summed E-state index contributed by atoms with van der Waals surface area (Å²) in [4.78, 5) is 49.2. The van der Waals surface area contributed by atoms with E-state index in [0.29, 0.717) is 5.75 Å². The van der Waals surface area contributed by atoms with Crippen molar-refractivity contribution in [2.24, 2.45) is 0 Å². The highest BCUT2D eigenvalue weighted by molar-refractivity contribution is 5.87. The molecule has 0 aromatic heterocycles. The molecule has 3 rings (SSSR count). The Bertz CT molecular complexity index is 1300. The second kappa shape index (κ2) is 17.0. The van der Waals surface area contributed by atoms with Crippen molar-refractivity contribution in [2.45, 2.75) is 38.2 Å². The van der Waals surface area contributed by atoms with E-state index in [1.165, 1.54) is 7.11 Å². The Kier molecular flexibility index (Phi) is 12.8. The molecular weight excluding hydrogens is 542 g/mol. The SMILES string of the molecule is COC(=O)CCNC(=O)CCNC(=O)[C@@H](NC(=O)OCc1ccccc1)[C@H](O)c1ccccc1OCc1ccccc1. The Hall–Kier alpha value is -4.90. The van der Waals surface area contributed by atoms with Gasteiger partial charge in [-0.15, -0.1) is 0 Å². The highest BCUT2D eigenvalue weighted by atomic mass is 16.5. The maximum Gasteiger partial charge on any atom is 0.408 e. The average molecular weight is 578 g/mol. The molecule has 3 aromatic rings. The van der Waals surface area contributed by atoms with Crippen molar-refractivity contribution in [3.05, 3.63) is 102 Å². The van der Waals surface area contributed by atoms with Gasteiger partial charge in [-0.3, -0.25) is 14.4 Å². The van der Waals surface area contributed by atoms with Crippen LogP contribution >= 0.6 is 0 Å². The Balaban J connectivity index is 1.67. The molecule has 0 radical (unpaired) electrons. The summed E-state index contributed by atoms with van der Waals surface area (Å²) in [5, 5.41) is 18.9. The van der Waals surface area contributed by atoms with E-state index in [0.717, 1.165) is 11.1 Å². The summed E-state index contributed by atoms with van der Waals surface area (Å²) in [6.45, 7) is 0.188. The van der Waals surface area contributed by atoms with Gasteiger partial charge in [0.15, 0.2) is 0 Å². The van der Waals surface area contributed by atoms with Gasteiger partial charge in [0, 0.05) is 25.1 Å². The first-order chi connectivity index (χ1) is 20.4. The topological polar surface area (TPSA) is 152 Å². The molecule has 0 saturated heterocycles. The molecule has 2 atom stereocenters. The van der Waals surface area contributed by atoms with E-state index < -0.39 is 36.0 Å². The van der Waals surface area contributed by atoms with Crippen molar-refractivity contribution in [3.63, 3.8) is 0 Å². The first-order valence-corrected chi connectivity index (χ1v) is 13.4. The van der Waals surface area contributed by atoms with Gasteiger partial charge in [0.1, 0.15) is 31.1 Å². The lowest BCUT2D eigenvalue weighted by Gasteiger charge is -2.25. The molecule has 0 aliphatic rings. The minimum Gasteiger partial charge on any atom is -0.489 e. The summed E-state index contributed by atoms with van der Waals surface area (Å²) < 4.78 is 15.7. The van der Waals surface area contributed by atoms with Crippen LogP contribution < -0.4 is 20.7 Å². The van der Waals surface area contributed by atoms with Crippen molar-refractivity contribution < 1.29 is 38.5 Å². The summed E-state index contributed by atoms with van der Waals surface area (Å²) in [5.74, 6) is -1.26. The number of benzene rings is 3. The van der Waals surface area contributed by atoms with Crippen LogP contribution in [0.4, 0.5) is 4.79 Å². The number of hydrogen-bond acceptors (Lipinski definition) is 8. The molecule has 11 heteroatoms. The van der Waals surface area contributed by atoms with Crippen LogP contribution in [0.5, 0.6) is 5.75 Å². The summed E-state index contributed by atoms with van der Waals surface area (Å²) in [6.07, 6.45) is -2.51. The zero-order valence-electron chi connectivity index (χ0n) is 23.3. The largest absolute Gasteiger partial charge is 0.489 e. The standard InChI is InChI=1S/C31H35N3O8/c1-40-27(36)17-19-32-26(35)16-18-33-30(38)28(34-31(39)42-21-23-12-6-3-7-13-23)29(37)24-14-8-9-15-25(24)41-20-22-10-4-2-5-11-22/h2-15,28-29,37H,16-21H2,1H3,(H,32,35)(H,33,38)(H,34,39)/t28-,29+/m0/s1. The minimum absolute atomic E-state index is 0.0175. The van der Waals surface area contributed by atoms with Gasteiger partial charge in [0.05, 0.1) is 13.5 Å². The number of para-hydroxylation sites is 1. The predicted molar refractivity (Wildman–Crippen MR) is 153 cm³/mol. The summed E-state index contributed by atoms with van der Waals surface area (Å²) >= 11 is 0. The Labute approximate surface area is 244 Å². The van der Waals surface area contributed by atoms with Gasteiger partial charge in [0.25, 0.3) is 0 Å². The van der Waals surface area contributed by atoms with Crippen LogP contribution in [0.25, 0.3) is 0 Å². The van der Waals surface area contributed by atoms with Crippen LogP contribution in [-0.4, -0.2) is 55.2 Å². The van der Waals surface area contributed by atoms with E-state index in [1.807, 2.05) is 36.4 Å². The van der Waals surface area contributed by atoms with Crippen molar-refractivity contribution in [3.8, 4) is 5.75 Å². The second-order valence-corrected chi connectivity index (χ2v) is 9.16. The molecule has 3 aromatic carbocycles. The van der Waals surface area contributed by atoms with Gasteiger partial charge < -0.3 is 35.3 Å². The number of alkyl carbamates (subject to hydrolysis) is 1. The number of nitrogens with one attached hydrogen (secondary N) is 3. The van der Waals surface area contributed by atoms with Crippen LogP contribution in [-0.2, 0) is 37.1 Å². The fourth-order valence-corrected chi connectivity index (χ4v) is 3.85. The first-order valence-electron chi connectivity index (χ1n) is 13.4. The quantitative estimate of drug-likeness (QED) is 0.201. The molecule has 11 nitrogen and oxygen atoms in total. The number of hydrogen-bond donors (Lipinski definition) is 4. The second-order valence-electron chi connectivity index (χ2n) is 9.16. The molecule has 0 fully saturated rings. The molecule has 222 valence electrons. The van der Waals surface area contributed by atoms with Crippen molar-refractivity contribution >= 4 is 23.9 Å². The maximum absolute atomic E-state index is 13.2. The van der Waals surface area contributed by atoms with Crippen molar-refractivity contribution in [1.29, 1.82) is 0 Å². The number of carbonyl (C=O) groups is 4. The van der Waals surface area contributed by atoms with E-state index >= 15 is 0 Å². The number of rotatable bonds is 15.